The molecule has 1 amide bonds. The van der Waals surface area contributed by atoms with Crippen LogP contribution >= 0.6 is 0 Å². The molecule has 2 unspecified atom stereocenters. The molecule has 0 aliphatic rings. The molecule has 7 heteroatoms. The molecule has 0 bridgehead atoms. The van der Waals surface area contributed by atoms with Crippen LogP contribution in [0, 0.1) is 17.6 Å². The summed E-state index contributed by atoms with van der Waals surface area (Å²) in [6.45, 7) is 3.92. The third-order valence-electron chi connectivity index (χ3n) is 3.76. The zero-order valence-corrected chi connectivity index (χ0v) is 13.0. The van der Waals surface area contributed by atoms with E-state index in [1.165, 1.54) is 18.3 Å². The van der Waals surface area contributed by atoms with Crippen molar-refractivity contribution in [1.82, 2.24) is 15.1 Å². The molecular weight excluding hydrogens is 304 g/mol. The van der Waals surface area contributed by atoms with Crippen molar-refractivity contribution >= 4 is 5.91 Å². The molecule has 2 aromatic rings. The standard InChI is InChI=1S/C16H19F2N3O2/c1-3-10(2)14(22)9-19-16(23)13-7-8-21(20-13)15-11(17)5-4-6-12(15)18/h4-8,10,14,22H,3,9H2,1-2H3,(H,19,23). The molecule has 2 N–H and O–H groups in total. The number of benzene rings is 1. The van der Waals surface area contributed by atoms with Crippen molar-refractivity contribution in [2.45, 2.75) is 26.4 Å². The first-order chi connectivity index (χ1) is 10.9. The van der Waals surface area contributed by atoms with Gasteiger partial charge in [0.1, 0.15) is 5.69 Å². The van der Waals surface area contributed by atoms with Gasteiger partial charge in [-0.3, -0.25) is 4.79 Å². The normalized spacial score (nSPS) is 13.6. The Labute approximate surface area is 132 Å². The van der Waals surface area contributed by atoms with E-state index in [1.54, 1.807) is 0 Å². The van der Waals surface area contributed by atoms with Crippen LogP contribution in [-0.4, -0.2) is 33.4 Å². The van der Waals surface area contributed by atoms with Gasteiger partial charge >= 0.3 is 0 Å². The summed E-state index contributed by atoms with van der Waals surface area (Å²) in [7, 11) is 0. The lowest BCUT2D eigenvalue weighted by molar-refractivity contribution is 0.0845. The lowest BCUT2D eigenvalue weighted by atomic mass is 10.0. The van der Waals surface area contributed by atoms with Gasteiger partial charge in [0, 0.05) is 12.7 Å². The van der Waals surface area contributed by atoms with E-state index in [-0.39, 0.29) is 23.8 Å². The van der Waals surface area contributed by atoms with Crippen LogP contribution in [0.4, 0.5) is 8.78 Å². The van der Waals surface area contributed by atoms with Gasteiger partial charge in [-0.05, 0) is 24.1 Å². The molecule has 23 heavy (non-hydrogen) atoms. The van der Waals surface area contributed by atoms with E-state index in [1.807, 2.05) is 13.8 Å². The highest BCUT2D eigenvalue weighted by molar-refractivity contribution is 5.92. The van der Waals surface area contributed by atoms with Gasteiger partial charge in [-0.15, -0.1) is 0 Å². The highest BCUT2D eigenvalue weighted by Crippen LogP contribution is 2.16. The third-order valence-corrected chi connectivity index (χ3v) is 3.76. The Bertz CT molecular complexity index is 667. The topological polar surface area (TPSA) is 67.2 Å². The van der Waals surface area contributed by atoms with Gasteiger partial charge in [-0.2, -0.15) is 5.10 Å². The van der Waals surface area contributed by atoms with Gasteiger partial charge in [0.2, 0.25) is 0 Å². The number of carbonyl (C=O) groups excluding carboxylic acids is 1. The molecule has 1 heterocycles. The number of aliphatic hydroxyl groups excluding tert-OH is 1. The van der Waals surface area contributed by atoms with Crippen molar-refractivity contribution in [2.24, 2.45) is 5.92 Å². The summed E-state index contributed by atoms with van der Waals surface area (Å²) in [5, 5.41) is 16.3. The van der Waals surface area contributed by atoms with Crippen molar-refractivity contribution in [3.05, 3.63) is 47.8 Å². The maximum absolute atomic E-state index is 13.7. The molecule has 0 aliphatic heterocycles. The lowest BCUT2D eigenvalue weighted by Gasteiger charge is -2.17. The number of hydrogen-bond donors (Lipinski definition) is 2. The van der Waals surface area contributed by atoms with Crippen LogP contribution in [0.3, 0.4) is 0 Å². The molecule has 124 valence electrons. The fourth-order valence-corrected chi connectivity index (χ4v) is 2.04. The summed E-state index contributed by atoms with van der Waals surface area (Å²) >= 11 is 0. The van der Waals surface area contributed by atoms with Gasteiger partial charge in [-0.25, -0.2) is 13.5 Å². The third kappa shape index (κ3) is 3.92. The molecular formula is C16H19F2N3O2. The highest BCUT2D eigenvalue weighted by Gasteiger charge is 2.17. The Kier molecular flexibility index (Phi) is 5.44. The van der Waals surface area contributed by atoms with Crippen molar-refractivity contribution in [2.75, 3.05) is 6.54 Å². The summed E-state index contributed by atoms with van der Waals surface area (Å²) in [4.78, 5) is 12.0. The fraction of sp³-hybridized carbons (Fsp3) is 0.375. The summed E-state index contributed by atoms with van der Waals surface area (Å²) in [5.74, 6) is -2.00. The van der Waals surface area contributed by atoms with E-state index in [9.17, 15) is 18.7 Å². The number of rotatable bonds is 6. The Balaban J connectivity index is 2.09. The number of aromatic nitrogens is 2. The molecule has 1 aromatic carbocycles. The molecule has 0 saturated carbocycles. The van der Waals surface area contributed by atoms with E-state index < -0.39 is 23.6 Å². The molecule has 0 fully saturated rings. The smallest absolute Gasteiger partial charge is 0.271 e. The molecule has 0 radical (unpaired) electrons. The van der Waals surface area contributed by atoms with Gasteiger partial charge in [0.25, 0.3) is 5.91 Å². The monoisotopic (exact) mass is 323 g/mol. The number of amides is 1. The van der Waals surface area contributed by atoms with Gasteiger partial charge < -0.3 is 10.4 Å². The number of halogens is 2. The largest absolute Gasteiger partial charge is 0.391 e. The number of hydrogen-bond acceptors (Lipinski definition) is 3. The van der Waals surface area contributed by atoms with Crippen molar-refractivity contribution < 1.29 is 18.7 Å². The van der Waals surface area contributed by atoms with Crippen LogP contribution in [0.5, 0.6) is 0 Å². The molecule has 2 atom stereocenters. The van der Waals surface area contributed by atoms with Crippen molar-refractivity contribution in [1.29, 1.82) is 0 Å². The first kappa shape index (κ1) is 17.1. The second kappa shape index (κ2) is 7.32. The first-order valence-corrected chi connectivity index (χ1v) is 7.40. The molecule has 0 saturated heterocycles. The van der Waals surface area contributed by atoms with Crippen LogP contribution in [-0.2, 0) is 0 Å². The molecule has 2 rings (SSSR count). The summed E-state index contributed by atoms with van der Waals surface area (Å²) in [6, 6.07) is 4.84. The number of nitrogens with zero attached hydrogens (tertiary/aromatic N) is 2. The second-order valence-corrected chi connectivity index (χ2v) is 5.38. The Hall–Kier alpha value is -2.28. The number of para-hydroxylation sites is 1. The fourth-order valence-electron chi connectivity index (χ4n) is 2.04. The van der Waals surface area contributed by atoms with Crippen LogP contribution in [0.15, 0.2) is 30.5 Å². The Morgan fingerprint density at radius 2 is 2.00 bits per heavy atom. The predicted octanol–water partition coefficient (Wildman–Crippen LogP) is 2.29. The van der Waals surface area contributed by atoms with E-state index in [0.717, 1.165) is 23.2 Å². The summed E-state index contributed by atoms with van der Waals surface area (Å²) < 4.78 is 28.4. The van der Waals surface area contributed by atoms with E-state index in [4.69, 9.17) is 0 Å². The summed E-state index contributed by atoms with van der Waals surface area (Å²) in [6.07, 6.45) is 1.44. The predicted molar refractivity (Wildman–Crippen MR) is 81.3 cm³/mol. The number of nitrogens with one attached hydrogen (secondary N) is 1. The van der Waals surface area contributed by atoms with E-state index in [0.29, 0.717) is 0 Å². The van der Waals surface area contributed by atoms with Gasteiger partial charge in [0.05, 0.1) is 6.10 Å². The van der Waals surface area contributed by atoms with Crippen LogP contribution in [0.2, 0.25) is 0 Å². The maximum atomic E-state index is 13.7. The molecule has 0 aliphatic carbocycles. The van der Waals surface area contributed by atoms with Crippen LogP contribution in [0.1, 0.15) is 30.8 Å². The SMILES string of the molecule is CCC(C)C(O)CNC(=O)c1ccn(-c2c(F)cccc2F)n1. The highest BCUT2D eigenvalue weighted by atomic mass is 19.1. The average molecular weight is 323 g/mol. The first-order valence-electron chi connectivity index (χ1n) is 7.40. The molecule has 5 nitrogen and oxygen atoms in total. The maximum Gasteiger partial charge on any atom is 0.271 e. The number of aliphatic hydroxyl groups is 1. The van der Waals surface area contributed by atoms with Gasteiger partial charge in [0.15, 0.2) is 17.3 Å². The zero-order valence-electron chi connectivity index (χ0n) is 13.0. The van der Waals surface area contributed by atoms with Crippen molar-refractivity contribution in [3.63, 3.8) is 0 Å². The molecule has 0 spiro atoms. The molecule has 1 aromatic heterocycles. The van der Waals surface area contributed by atoms with Crippen molar-refractivity contribution in [3.8, 4) is 5.69 Å². The average Bonchev–Trinajstić information content (AvgIpc) is 3.01. The summed E-state index contributed by atoms with van der Waals surface area (Å²) in [5.41, 5.74) is -0.324. The van der Waals surface area contributed by atoms with E-state index in [2.05, 4.69) is 10.4 Å². The van der Waals surface area contributed by atoms with Gasteiger partial charge in [-0.1, -0.05) is 26.3 Å². The number of carbonyl (C=O) groups is 1. The zero-order chi connectivity index (χ0) is 17.0. The second-order valence-electron chi connectivity index (χ2n) is 5.38. The minimum absolute atomic E-state index is 0.0176. The minimum atomic E-state index is -0.771. The quantitative estimate of drug-likeness (QED) is 0.857. The Morgan fingerprint density at radius 3 is 2.61 bits per heavy atom. The van der Waals surface area contributed by atoms with Crippen LogP contribution < -0.4 is 5.32 Å². The lowest BCUT2D eigenvalue weighted by Crippen LogP contribution is -2.35. The van der Waals surface area contributed by atoms with E-state index >= 15 is 0 Å². The minimum Gasteiger partial charge on any atom is -0.391 e. The van der Waals surface area contributed by atoms with Crippen LogP contribution in [0.25, 0.3) is 5.69 Å². The Morgan fingerprint density at radius 1 is 1.35 bits per heavy atom.